The highest BCUT2D eigenvalue weighted by atomic mass is 16.3. The summed E-state index contributed by atoms with van der Waals surface area (Å²) in [7, 11) is 0. The van der Waals surface area contributed by atoms with Crippen LogP contribution in [0, 0.1) is 6.92 Å². The van der Waals surface area contributed by atoms with Crippen LogP contribution in [0.3, 0.4) is 0 Å². The second-order valence-corrected chi connectivity index (χ2v) is 6.21. The summed E-state index contributed by atoms with van der Waals surface area (Å²) < 4.78 is 1.96. The fraction of sp³-hybridized carbons (Fsp3) is 0.300. The van der Waals surface area contributed by atoms with E-state index < -0.39 is 0 Å². The van der Waals surface area contributed by atoms with E-state index in [1.807, 2.05) is 48.3 Å². The Morgan fingerprint density at radius 3 is 2.64 bits per heavy atom. The molecule has 3 rings (SSSR count). The molecule has 0 radical (unpaired) electrons. The Bertz CT molecular complexity index is 785. The molecule has 0 unspecified atom stereocenters. The van der Waals surface area contributed by atoms with E-state index in [2.05, 4.69) is 39.4 Å². The minimum absolute atomic E-state index is 0.136. The molecular formula is C20H24N4O. The normalized spacial score (nSPS) is 11.2. The number of aliphatic hydroxyl groups excluding tert-OH is 1. The minimum Gasteiger partial charge on any atom is -0.395 e. The largest absolute Gasteiger partial charge is 0.395 e. The molecule has 0 spiro atoms. The molecule has 0 saturated carbocycles. The van der Waals surface area contributed by atoms with E-state index in [1.165, 1.54) is 11.1 Å². The average molecular weight is 336 g/mol. The third-order valence-electron chi connectivity index (χ3n) is 4.21. The number of pyridine rings is 1. The zero-order valence-corrected chi connectivity index (χ0v) is 14.5. The fourth-order valence-electron chi connectivity index (χ4n) is 2.88. The summed E-state index contributed by atoms with van der Waals surface area (Å²) in [6, 6.07) is 14.3. The molecule has 3 aromatic rings. The number of hydrogen-bond acceptors (Lipinski definition) is 4. The van der Waals surface area contributed by atoms with Crippen LogP contribution in [0.25, 0.3) is 0 Å². The maximum absolute atomic E-state index is 9.38. The Morgan fingerprint density at radius 1 is 1.04 bits per heavy atom. The Kier molecular flexibility index (Phi) is 5.93. The van der Waals surface area contributed by atoms with Gasteiger partial charge in [-0.3, -0.25) is 14.6 Å². The predicted octanol–water partition coefficient (Wildman–Crippen LogP) is 2.63. The van der Waals surface area contributed by atoms with E-state index in [0.29, 0.717) is 6.54 Å². The van der Waals surface area contributed by atoms with E-state index in [-0.39, 0.29) is 6.61 Å². The smallest absolute Gasteiger partial charge is 0.0659 e. The standard InChI is InChI=1S/C20H24N4O/c1-17-20(8-5-9-21-17)16-23(10-11-25)13-19-12-22-24(15-19)14-18-6-3-2-4-7-18/h2-9,12,15,25H,10-11,13-14,16H2,1H3. The van der Waals surface area contributed by atoms with Crippen LogP contribution in [0.1, 0.15) is 22.4 Å². The highest BCUT2D eigenvalue weighted by Crippen LogP contribution is 2.12. The molecule has 1 N–H and O–H groups in total. The summed E-state index contributed by atoms with van der Waals surface area (Å²) in [4.78, 5) is 6.56. The first-order valence-electron chi connectivity index (χ1n) is 8.53. The van der Waals surface area contributed by atoms with Crippen LogP contribution in [0.5, 0.6) is 0 Å². The SMILES string of the molecule is Cc1ncccc1CN(CCO)Cc1cnn(Cc2ccccc2)c1. The molecule has 0 saturated heterocycles. The number of aryl methyl sites for hydroxylation is 1. The second kappa shape index (κ2) is 8.55. The van der Waals surface area contributed by atoms with Gasteiger partial charge in [-0.1, -0.05) is 36.4 Å². The van der Waals surface area contributed by atoms with E-state index >= 15 is 0 Å². The topological polar surface area (TPSA) is 54.2 Å². The van der Waals surface area contributed by atoms with Crippen molar-refractivity contribution in [3.63, 3.8) is 0 Å². The average Bonchev–Trinajstić information content (AvgIpc) is 3.05. The van der Waals surface area contributed by atoms with E-state index in [9.17, 15) is 5.11 Å². The molecular weight excluding hydrogens is 312 g/mol. The van der Waals surface area contributed by atoms with Crippen molar-refractivity contribution in [1.29, 1.82) is 0 Å². The lowest BCUT2D eigenvalue weighted by Gasteiger charge is -2.21. The zero-order valence-electron chi connectivity index (χ0n) is 14.5. The monoisotopic (exact) mass is 336 g/mol. The summed E-state index contributed by atoms with van der Waals surface area (Å²) in [5.74, 6) is 0. The second-order valence-electron chi connectivity index (χ2n) is 6.21. The quantitative estimate of drug-likeness (QED) is 0.687. The molecule has 0 aliphatic rings. The Balaban J connectivity index is 1.65. The third-order valence-corrected chi connectivity index (χ3v) is 4.21. The lowest BCUT2D eigenvalue weighted by molar-refractivity contribution is 0.184. The zero-order chi connectivity index (χ0) is 17.5. The molecule has 0 fully saturated rings. The van der Waals surface area contributed by atoms with Crippen molar-refractivity contribution < 1.29 is 5.11 Å². The number of aliphatic hydroxyl groups is 1. The Morgan fingerprint density at radius 2 is 1.88 bits per heavy atom. The van der Waals surface area contributed by atoms with Gasteiger partial charge in [-0.15, -0.1) is 0 Å². The number of benzene rings is 1. The molecule has 0 amide bonds. The van der Waals surface area contributed by atoms with E-state index in [0.717, 1.165) is 30.9 Å². The first kappa shape index (κ1) is 17.3. The summed E-state index contributed by atoms with van der Waals surface area (Å²) >= 11 is 0. The lowest BCUT2D eigenvalue weighted by Crippen LogP contribution is -2.26. The predicted molar refractivity (Wildman–Crippen MR) is 97.9 cm³/mol. The van der Waals surface area contributed by atoms with Gasteiger partial charge < -0.3 is 5.11 Å². The van der Waals surface area contributed by atoms with Crippen molar-refractivity contribution >= 4 is 0 Å². The van der Waals surface area contributed by atoms with Gasteiger partial charge in [-0.2, -0.15) is 5.10 Å². The van der Waals surface area contributed by atoms with Gasteiger partial charge in [0.05, 0.1) is 19.3 Å². The summed E-state index contributed by atoms with van der Waals surface area (Å²) in [6.07, 6.45) is 5.79. The van der Waals surface area contributed by atoms with Crippen molar-refractivity contribution in [3.8, 4) is 0 Å². The van der Waals surface area contributed by atoms with Crippen molar-refractivity contribution in [2.75, 3.05) is 13.2 Å². The molecule has 2 aromatic heterocycles. The van der Waals surface area contributed by atoms with Gasteiger partial charge in [0.25, 0.3) is 0 Å². The molecule has 0 atom stereocenters. The Hall–Kier alpha value is -2.50. The van der Waals surface area contributed by atoms with E-state index in [4.69, 9.17) is 0 Å². The van der Waals surface area contributed by atoms with Gasteiger partial charge in [0.2, 0.25) is 0 Å². The molecule has 1 aromatic carbocycles. The Labute approximate surface area is 148 Å². The molecule has 130 valence electrons. The van der Waals surface area contributed by atoms with Crippen molar-refractivity contribution in [1.82, 2.24) is 19.7 Å². The molecule has 2 heterocycles. The molecule has 0 aliphatic carbocycles. The fourth-order valence-corrected chi connectivity index (χ4v) is 2.88. The number of nitrogens with zero attached hydrogens (tertiary/aromatic N) is 4. The van der Waals surface area contributed by atoms with Crippen LogP contribution in [-0.2, 0) is 19.6 Å². The minimum atomic E-state index is 0.136. The third kappa shape index (κ3) is 4.98. The van der Waals surface area contributed by atoms with Gasteiger partial charge in [-0.25, -0.2) is 0 Å². The first-order valence-corrected chi connectivity index (χ1v) is 8.53. The van der Waals surface area contributed by atoms with Gasteiger partial charge in [0.1, 0.15) is 0 Å². The molecule has 0 bridgehead atoms. The highest BCUT2D eigenvalue weighted by Gasteiger charge is 2.10. The van der Waals surface area contributed by atoms with Crippen LogP contribution in [0.4, 0.5) is 0 Å². The lowest BCUT2D eigenvalue weighted by atomic mass is 10.2. The van der Waals surface area contributed by atoms with E-state index in [1.54, 1.807) is 0 Å². The maximum atomic E-state index is 9.38. The van der Waals surface area contributed by atoms with Gasteiger partial charge >= 0.3 is 0 Å². The molecule has 5 nitrogen and oxygen atoms in total. The van der Waals surface area contributed by atoms with Crippen LogP contribution in [0.2, 0.25) is 0 Å². The van der Waals surface area contributed by atoms with Gasteiger partial charge in [-0.05, 0) is 24.1 Å². The molecule has 0 aliphatic heterocycles. The van der Waals surface area contributed by atoms with Crippen molar-refractivity contribution in [2.45, 2.75) is 26.6 Å². The van der Waals surface area contributed by atoms with Crippen LogP contribution >= 0.6 is 0 Å². The molecule has 25 heavy (non-hydrogen) atoms. The van der Waals surface area contributed by atoms with Crippen molar-refractivity contribution in [2.24, 2.45) is 0 Å². The van der Waals surface area contributed by atoms with Gasteiger partial charge in [0.15, 0.2) is 0 Å². The summed E-state index contributed by atoms with van der Waals surface area (Å²) in [6.45, 7) is 5.07. The molecule has 5 heteroatoms. The first-order chi connectivity index (χ1) is 12.2. The highest BCUT2D eigenvalue weighted by molar-refractivity contribution is 5.19. The van der Waals surface area contributed by atoms with Crippen molar-refractivity contribution in [3.05, 3.63) is 83.4 Å². The summed E-state index contributed by atoms with van der Waals surface area (Å²) in [5, 5.41) is 13.8. The number of rotatable bonds is 8. The number of hydrogen-bond donors (Lipinski definition) is 1. The van der Waals surface area contributed by atoms with Crippen LogP contribution < -0.4 is 0 Å². The number of aromatic nitrogens is 3. The maximum Gasteiger partial charge on any atom is 0.0659 e. The van der Waals surface area contributed by atoms with Crippen LogP contribution in [-0.4, -0.2) is 37.9 Å². The van der Waals surface area contributed by atoms with Gasteiger partial charge in [0, 0.05) is 43.3 Å². The van der Waals surface area contributed by atoms with Crippen LogP contribution in [0.15, 0.2) is 61.1 Å². The summed E-state index contributed by atoms with van der Waals surface area (Å²) in [5.41, 5.74) is 4.60.